The lowest BCUT2D eigenvalue weighted by atomic mass is 9.87. The molecule has 0 fully saturated rings. The number of carbonyl (C=O) groups is 1. The van der Waals surface area contributed by atoms with Crippen molar-refractivity contribution in [3.8, 4) is 6.07 Å². The smallest absolute Gasteiger partial charge is 0.177 e. The van der Waals surface area contributed by atoms with E-state index in [1.165, 1.54) is 6.08 Å². The Labute approximate surface area is 76.1 Å². The van der Waals surface area contributed by atoms with E-state index < -0.39 is 5.92 Å². The fourth-order valence-corrected chi connectivity index (χ4v) is 1.48. The Balaban J connectivity index is 2.61. The van der Waals surface area contributed by atoms with Crippen LogP contribution in [0.2, 0.25) is 0 Å². The van der Waals surface area contributed by atoms with Crippen LogP contribution in [0, 0.1) is 11.3 Å². The largest absolute Gasteiger partial charge is 0.293 e. The Morgan fingerprint density at radius 2 is 2.00 bits per heavy atom. The fourth-order valence-electron chi connectivity index (χ4n) is 1.48. The first kappa shape index (κ1) is 7.75. The van der Waals surface area contributed by atoms with Gasteiger partial charge in [0, 0.05) is 0 Å². The number of carbonyl (C=O) groups excluding carboxylic acids is 1. The number of rotatable bonds is 0. The molecule has 0 amide bonds. The van der Waals surface area contributed by atoms with Crippen molar-refractivity contribution in [2.45, 2.75) is 5.92 Å². The zero-order chi connectivity index (χ0) is 9.26. The van der Waals surface area contributed by atoms with Crippen molar-refractivity contribution < 1.29 is 4.79 Å². The molecular weight excluding hydrogens is 162 g/mol. The van der Waals surface area contributed by atoms with Gasteiger partial charge < -0.3 is 0 Å². The second kappa shape index (κ2) is 2.87. The molecule has 0 aliphatic heterocycles. The molecule has 2 rings (SSSR count). The van der Waals surface area contributed by atoms with Crippen LogP contribution in [-0.4, -0.2) is 5.78 Å². The highest BCUT2D eigenvalue weighted by molar-refractivity contribution is 6.03. The van der Waals surface area contributed by atoms with Gasteiger partial charge in [-0.15, -0.1) is 0 Å². The first-order valence-corrected chi connectivity index (χ1v) is 4.03. The van der Waals surface area contributed by atoms with Crippen LogP contribution >= 0.6 is 0 Å². The summed E-state index contributed by atoms with van der Waals surface area (Å²) in [6, 6.07) is 9.48. The second-order valence-electron chi connectivity index (χ2n) is 2.93. The van der Waals surface area contributed by atoms with E-state index in [2.05, 4.69) is 0 Å². The molecule has 1 aliphatic rings. The Morgan fingerprint density at radius 1 is 1.23 bits per heavy atom. The summed E-state index contributed by atoms with van der Waals surface area (Å²) in [5.41, 5.74) is 1.78. The molecule has 1 atom stereocenters. The molecule has 0 saturated carbocycles. The molecule has 0 N–H and O–H groups in total. The van der Waals surface area contributed by atoms with Crippen LogP contribution in [0.1, 0.15) is 17.0 Å². The van der Waals surface area contributed by atoms with Gasteiger partial charge in [0.25, 0.3) is 0 Å². The van der Waals surface area contributed by atoms with Crippen LogP contribution < -0.4 is 0 Å². The van der Waals surface area contributed by atoms with Gasteiger partial charge in [-0.1, -0.05) is 30.3 Å². The predicted octanol–water partition coefficient (Wildman–Crippen LogP) is 1.89. The maximum absolute atomic E-state index is 11.3. The average molecular weight is 169 g/mol. The standard InChI is InChI=1S/C11H7NO/c12-7-10-9-4-2-1-3-8(9)5-6-11(10)13/h1-6,10H. The molecule has 0 heterocycles. The molecule has 2 nitrogen and oxygen atoms in total. The van der Waals surface area contributed by atoms with E-state index in [-0.39, 0.29) is 5.78 Å². The second-order valence-corrected chi connectivity index (χ2v) is 2.93. The van der Waals surface area contributed by atoms with Gasteiger partial charge in [0.05, 0.1) is 6.07 Å². The number of nitrogens with zero attached hydrogens (tertiary/aromatic N) is 1. The monoisotopic (exact) mass is 169 g/mol. The van der Waals surface area contributed by atoms with Crippen molar-refractivity contribution in [2.75, 3.05) is 0 Å². The van der Waals surface area contributed by atoms with E-state index >= 15 is 0 Å². The number of hydrogen-bond acceptors (Lipinski definition) is 2. The molecule has 0 spiro atoms. The predicted molar refractivity (Wildman–Crippen MR) is 48.8 cm³/mol. The zero-order valence-electron chi connectivity index (χ0n) is 6.90. The molecule has 0 saturated heterocycles. The van der Waals surface area contributed by atoms with Crippen molar-refractivity contribution in [3.05, 3.63) is 41.5 Å². The summed E-state index contributed by atoms with van der Waals surface area (Å²) in [6.45, 7) is 0. The van der Waals surface area contributed by atoms with Gasteiger partial charge in [-0.25, -0.2) is 0 Å². The summed E-state index contributed by atoms with van der Waals surface area (Å²) in [7, 11) is 0. The number of ketones is 1. The lowest BCUT2D eigenvalue weighted by Crippen LogP contribution is -2.12. The molecule has 0 aromatic heterocycles. The van der Waals surface area contributed by atoms with Crippen molar-refractivity contribution in [1.29, 1.82) is 5.26 Å². The minimum absolute atomic E-state index is 0.124. The van der Waals surface area contributed by atoms with E-state index in [0.29, 0.717) is 0 Å². The van der Waals surface area contributed by atoms with Crippen LogP contribution in [0.5, 0.6) is 0 Å². The Kier molecular flexibility index (Phi) is 1.71. The molecule has 62 valence electrons. The Bertz CT molecular complexity index is 426. The molecular formula is C11H7NO. The topological polar surface area (TPSA) is 40.9 Å². The lowest BCUT2D eigenvalue weighted by molar-refractivity contribution is -0.114. The van der Waals surface area contributed by atoms with E-state index in [1.54, 1.807) is 6.08 Å². The van der Waals surface area contributed by atoms with Gasteiger partial charge in [0.2, 0.25) is 0 Å². The molecule has 13 heavy (non-hydrogen) atoms. The third-order valence-corrected chi connectivity index (χ3v) is 2.15. The minimum Gasteiger partial charge on any atom is -0.293 e. The molecule has 1 aliphatic carbocycles. The third kappa shape index (κ3) is 1.15. The minimum atomic E-state index is -0.610. The maximum atomic E-state index is 11.3. The van der Waals surface area contributed by atoms with Crippen molar-refractivity contribution in [3.63, 3.8) is 0 Å². The maximum Gasteiger partial charge on any atom is 0.177 e. The van der Waals surface area contributed by atoms with Gasteiger partial charge in [-0.2, -0.15) is 5.26 Å². The van der Waals surface area contributed by atoms with E-state index in [9.17, 15) is 4.79 Å². The average Bonchev–Trinajstić information content (AvgIpc) is 2.18. The quantitative estimate of drug-likeness (QED) is 0.595. The van der Waals surface area contributed by atoms with Crippen LogP contribution in [-0.2, 0) is 4.79 Å². The Morgan fingerprint density at radius 3 is 2.77 bits per heavy atom. The van der Waals surface area contributed by atoms with Gasteiger partial charge in [-0.3, -0.25) is 4.79 Å². The van der Waals surface area contributed by atoms with Gasteiger partial charge in [-0.05, 0) is 17.2 Å². The number of fused-ring (bicyclic) bond motifs is 1. The third-order valence-electron chi connectivity index (χ3n) is 2.15. The number of hydrogen-bond donors (Lipinski definition) is 0. The molecule has 1 aromatic rings. The van der Waals surface area contributed by atoms with Gasteiger partial charge in [0.1, 0.15) is 5.92 Å². The number of nitriles is 1. The lowest BCUT2D eigenvalue weighted by Gasteiger charge is -2.13. The summed E-state index contributed by atoms with van der Waals surface area (Å²) in [5, 5.41) is 8.80. The van der Waals surface area contributed by atoms with E-state index in [0.717, 1.165) is 11.1 Å². The SMILES string of the molecule is N#CC1C(=O)C=Cc2ccccc21. The van der Waals surface area contributed by atoms with Crippen molar-refractivity contribution in [1.82, 2.24) is 0 Å². The molecule has 2 heteroatoms. The fraction of sp³-hybridized carbons (Fsp3) is 0.0909. The van der Waals surface area contributed by atoms with Crippen LogP contribution in [0.3, 0.4) is 0 Å². The molecule has 0 bridgehead atoms. The molecule has 0 radical (unpaired) electrons. The Hall–Kier alpha value is -1.88. The van der Waals surface area contributed by atoms with Gasteiger partial charge in [0.15, 0.2) is 5.78 Å². The first-order valence-electron chi connectivity index (χ1n) is 4.03. The van der Waals surface area contributed by atoms with Crippen molar-refractivity contribution >= 4 is 11.9 Å². The van der Waals surface area contributed by atoms with Crippen molar-refractivity contribution in [2.24, 2.45) is 0 Å². The first-order chi connectivity index (χ1) is 6.33. The van der Waals surface area contributed by atoms with Crippen LogP contribution in [0.25, 0.3) is 6.08 Å². The summed E-state index contributed by atoms with van der Waals surface area (Å²) >= 11 is 0. The normalized spacial score (nSPS) is 19.3. The van der Waals surface area contributed by atoms with E-state index in [4.69, 9.17) is 5.26 Å². The summed E-state index contributed by atoms with van der Waals surface area (Å²) in [6.07, 6.45) is 3.22. The molecule has 1 unspecified atom stereocenters. The van der Waals surface area contributed by atoms with E-state index in [1.807, 2.05) is 30.3 Å². The summed E-state index contributed by atoms with van der Waals surface area (Å²) in [4.78, 5) is 11.3. The highest BCUT2D eigenvalue weighted by Gasteiger charge is 2.22. The highest BCUT2D eigenvalue weighted by atomic mass is 16.1. The summed E-state index contributed by atoms with van der Waals surface area (Å²) < 4.78 is 0. The van der Waals surface area contributed by atoms with Crippen LogP contribution in [0.15, 0.2) is 30.3 Å². The zero-order valence-corrected chi connectivity index (χ0v) is 6.90. The van der Waals surface area contributed by atoms with Gasteiger partial charge >= 0.3 is 0 Å². The van der Waals surface area contributed by atoms with Crippen LogP contribution in [0.4, 0.5) is 0 Å². The number of benzene rings is 1. The highest BCUT2D eigenvalue weighted by Crippen LogP contribution is 2.26. The molecule has 1 aromatic carbocycles. The summed E-state index contributed by atoms with van der Waals surface area (Å²) in [5.74, 6) is -0.734. The number of allylic oxidation sites excluding steroid dienone is 1.